The van der Waals surface area contributed by atoms with Crippen LogP contribution in [0.1, 0.15) is 56.1 Å². The molecule has 3 saturated carbocycles. The minimum Gasteiger partial charge on any atom is -0.382 e. The van der Waals surface area contributed by atoms with Gasteiger partial charge in [-0.05, 0) is 50.9 Å². The molecule has 0 radical (unpaired) electrons. The van der Waals surface area contributed by atoms with Crippen molar-refractivity contribution in [2.45, 2.75) is 56.6 Å². The Morgan fingerprint density at radius 2 is 1.68 bits per heavy atom. The highest BCUT2D eigenvalue weighted by Gasteiger charge is 2.58. The van der Waals surface area contributed by atoms with Crippen LogP contribution in [0, 0.1) is 28.4 Å². The van der Waals surface area contributed by atoms with Crippen LogP contribution in [0.2, 0.25) is 0 Å². The van der Waals surface area contributed by atoms with E-state index in [1.165, 1.54) is 0 Å². The van der Waals surface area contributed by atoms with Crippen LogP contribution in [-0.2, 0) is 12.0 Å². The van der Waals surface area contributed by atoms with Crippen molar-refractivity contribution in [3.63, 3.8) is 0 Å². The first-order chi connectivity index (χ1) is 16.2. The number of amides is 2. The second kappa shape index (κ2) is 6.74. The van der Waals surface area contributed by atoms with Gasteiger partial charge in [0.1, 0.15) is 23.6 Å². The van der Waals surface area contributed by atoms with E-state index >= 15 is 0 Å². The van der Waals surface area contributed by atoms with E-state index in [0.717, 1.165) is 77.0 Å². The van der Waals surface area contributed by atoms with Crippen molar-refractivity contribution < 1.29 is 18.7 Å². The Kier molecular flexibility index (Phi) is 4.11. The molecule has 2 amide bonds. The summed E-state index contributed by atoms with van der Waals surface area (Å²) in [6.07, 6.45) is 8.75. The Labute approximate surface area is 196 Å². The van der Waals surface area contributed by atoms with Crippen molar-refractivity contribution in [2.24, 2.45) is 16.7 Å². The highest BCUT2D eigenvalue weighted by atomic mass is 19.1. The van der Waals surface area contributed by atoms with Crippen LogP contribution < -0.4 is 0 Å². The molecule has 10 heteroatoms. The van der Waals surface area contributed by atoms with Crippen LogP contribution in [0.5, 0.6) is 0 Å². The minimum atomic E-state index is -0.796. The van der Waals surface area contributed by atoms with E-state index in [9.17, 15) is 18.7 Å². The van der Waals surface area contributed by atoms with E-state index in [4.69, 9.17) is 0 Å². The van der Waals surface area contributed by atoms with Crippen molar-refractivity contribution in [2.75, 3.05) is 26.2 Å². The molecule has 2 aromatic rings. The normalized spacial score (nSPS) is 26.1. The third-order valence-electron chi connectivity index (χ3n) is 8.82. The molecule has 2 saturated heterocycles. The number of urea groups is 1. The number of aromatic nitrogens is 4. The van der Waals surface area contributed by atoms with E-state index in [2.05, 4.69) is 15.1 Å². The number of halogens is 2. The molecule has 5 aliphatic rings. The quantitative estimate of drug-likeness (QED) is 0.743. The van der Waals surface area contributed by atoms with Gasteiger partial charge in [0.15, 0.2) is 5.82 Å². The monoisotopic (exact) mass is 470 g/mol. The fraction of sp³-hybridized carbons (Fsp3) is 0.667. The van der Waals surface area contributed by atoms with E-state index in [0.29, 0.717) is 29.9 Å². The Balaban J connectivity index is 0.857. The lowest BCUT2D eigenvalue weighted by atomic mass is 9.56. The molecule has 0 aromatic carbocycles. The first-order valence-corrected chi connectivity index (χ1v) is 12.2. The second-order valence-corrected chi connectivity index (χ2v) is 11.7. The summed E-state index contributed by atoms with van der Waals surface area (Å²) in [7, 11) is 0. The summed E-state index contributed by atoms with van der Waals surface area (Å²) < 4.78 is 28.8. The first kappa shape index (κ1) is 20.7. The molecule has 180 valence electrons. The summed E-state index contributed by atoms with van der Waals surface area (Å²) in [6, 6.07) is 1.33. The molecule has 8 nitrogen and oxygen atoms in total. The van der Waals surface area contributed by atoms with Crippen molar-refractivity contribution in [1.82, 2.24) is 29.5 Å². The molecule has 7 rings (SSSR count). The van der Waals surface area contributed by atoms with Crippen LogP contribution in [0.3, 0.4) is 0 Å². The number of pyridine rings is 1. The molecule has 2 spiro atoms. The van der Waals surface area contributed by atoms with Crippen molar-refractivity contribution >= 4 is 6.03 Å². The molecule has 3 aliphatic carbocycles. The Morgan fingerprint density at radius 1 is 1.03 bits per heavy atom. The van der Waals surface area contributed by atoms with E-state index in [1.807, 2.05) is 14.5 Å². The Hall–Kier alpha value is -2.62. The number of carbonyl (C=O) groups excluding carboxylic acids is 1. The number of rotatable bonds is 4. The molecule has 5 fully saturated rings. The molecule has 0 atom stereocenters. The third-order valence-corrected chi connectivity index (χ3v) is 8.82. The summed E-state index contributed by atoms with van der Waals surface area (Å²) in [6.45, 7) is 3.15. The average Bonchev–Trinajstić information content (AvgIpc) is 3.23. The fourth-order valence-corrected chi connectivity index (χ4v) is 6.82. The SMILES string of the molecule is O=C(N1CC2(CC(Cc3ncc(F)cc3F)C2)C1)N1CC2(CC(n3cnc(C4(O)CC4)n3)C2)C1. The Bertz CT molecular complexity index is 1150. The number of aliphatic hydroxyl groups is 1. The lowest BCUT2D eigenvalue weighted by Crippen LogP contribution is -2.71. The second-order valence-electron chi connectivity index (χ2n) is 11.7. The summed E-state index contributed by atoms with van der Waals surface area (Å²) >= 11 is 0. The average molecular weight is 471 g/mol. The molecule has 0 unspecified atom stereocenters. The van der Waals surface area contributed by atoms with Crippen LogP contribution in [0.4, 0.5) is 13.6 Å². The van der Waals surface area contributed by atoms with Gasteiger partial charge < -0.3 is 14.9 Å². The van der Waals surface area contributed by atoms with Gasteiger partial charge in [-0.3, -0.25) is 4.98 Å². The zero-order valence-corrected chi connectivity index (χ0v) is 19.0. The predicted octanol–water partition coefficient (Wildman–Crippen LogP) is 2.64. The zero-order valence-electron chi connectivity index (χ0n) is 19.0. The molecular formula is C24H28F2N6O2. The highest BCUT2D eigenvalue weighted by Crippen LogP contribution is 2.56. The van der Waals surface area contributed by atoms with Crippen molar-refractivity contribution in [3.05, 3.63) is 41.7 Å². The molecule has 2 aromatic heterocycles. The van der Waals surface area contributed by atoms with E-state index in [1.54, 1.807) is 6.33 Å². The van der Waals surface area contributed by atoms with Gasteiger partial charge in [0.05, 0.1) is 17.9 Å². The predicted molar refractivity (Wildman–Crippen MR) is 115 cm³/mol. The Morgan fingerprint density at radius 3 is 2.29 bits per heavy atom. The molecular weight excluding hydrogens is 442 g/mol. The lowest BCUT2D eigenvalue weighted by Gasteiger charge is -2.63. The minimum absolute atomic E-state index is 0.133. The van der Waals surface area contributed by atoms with Crippen LogP contribution >= 0.6 is 0 Å². The number of nitrogens with zero attached hydrogens (tertiary/aromatic N) is 6. The van der Waals surface area contributed by atoms with Gasteiger partial charge in [0, 0.05) is 43.1 Å². The maximum Gasteiger partial charge on any atom is 0.320 e. The topological polar surface area (TPSA) is 87.4 Å². The third kappa shape index (κ3) is 3.17. The van der Waals surface area contributed by atoms with Crippen LogP contribution in [0.15, 0.2) is 18.6 Å². The smallest absolute Gasteiger partial charge is 0.320 e. The largest absolute Gasteiger partial charge is 0.382 e. The van der Waals surface area contributed by atoms with Crippen LogP contribution in [0.25, 0.3) is 0 Å². The summed E-state index contributed by atoms with van der Waals surface area (Å²) in [5, 5.41) is 14.7. The van der Waals surface area contributed by atoms with Gasteiger partial charge in [-0.1, -0.05) is 0 Å². The van der Waals surface area contributed by atoms with Crippen molar-refractivity contribution in [1.29, 1.82) is 0 Å². The van der Waals surface area contributed by atoms with Crippen molar-refractivity contribution in [3.8, 4) is 0 Å². The summed E-state index contributed by atoms with van der Waals surface area (Å²) in [4.78, 5) is 25.0. The first-order valence-electron chi connectivity index (χ1n) is 12.2. The van der Waals surface area contributed by atoms with E-state index < -0.39 is 17.2 Å². The van der Waals surface area contributed by atoms with Gasteiger partial charge in [0.2, 0.25) is 0 Å². The summed E-state index contributed by atoms with van der Waals surface area (Å²) in [5.41, 5.74) is -0.0739. The molecule has 1 N–H and O–H groups in total. The lowest BCUT2D eigenvalue weighted by molar-refractivity contribution is -0.107. The van der Waals surface area contributed by atoms with Gasteiger partial charge in [-0.2, -0.15) is 5.10 Å². The maximum atomic E-state index is 13.9. The summed E-state index contributed by atoms with van der Waals surface area (Å²) in [5.74, 6) is -0.323. The van der Waals surface area contributed by atoms with Gasteiger partial charge in [0.25, 0.3) is 0 Å². The maximum absolute atomic E-state index is 13.9. The molecule has 0 bridgehead atoms. The molecule has 4 heterocycles. The van der Waals surface area contributed by atoms with Gasteiger partial charge in [-0.15, -0.1) is 0 Å². The number of hydrogen-bond donors (Lipinski definition) is 1. The number of carbonyl (C=O) groups is 1. The molecule has 34 heavy (non-hydrogen) atoms. The molecule has 2 aliphatic heterocycles. The standard InChI is InChI=1S/C24H28F2N6O2/c25-16-4-18(26)19(27-9-16)3-15-5-22(6-15)10-30(11-22)21(33)31-12-23(13-31)7-17(8-23)32-14-28-20(29-32)24(34)1-2-24/h4,9,14-15,17,34H,1-3,5-8,10-13H2. The number of likely N-dealkylation sites (tertiary alicyclic amines) is 2. The fourth-order valence-electron chi connectivity index (χ4n) is 6.82. The highest BCUT2D eigenvalue weighted by molar-refractivity contribution is 5.77. The zero-order chi connectivity index (χ0) is 23.3. The number of hydrogen-bond acceptors (Lipinski definition) is 5. The van der Waals surface area contributed by atoms with E-state index in [-0.39, 0.29) is 16.9 Å². The van der Waals surface area contributed by atoms with Crippen LogP contribution in [-0.4, -0.2) is 66.9 Å². The van der Waals surface area contributed by atoms with Gasteiger partial charge >= 0.3 is 6.03 Å². The van der Waals surface area contributed by atoms with Gasteiger partial charge in [-0.25, -0.2) is 23.2 Å².